The summed E-state index contributed by atoms with van der Waals surface area (Å²) in [4.78, 5) is 13.5. The summed E-state index contributed by atoms with van der Waals surface area (Å²) < 4.78 is 0. The number of halogens is 1. The molecule has 2 aliphatic rings. The summed E-state index contributed by atoms with van der Waals surface area (Å²) in [6.07, 6.45) is 8.99. The van der Waals surface area contributed by atoms with Gasteiger partial charge < -0.3 is 4.90 Å². The van der Waals surface area contributed by atoms with E-state index in [0.29, 0.717) is 10.4 Å². The van der Waals surface area contributed by atoms with Gasteiger partial charge in [0.05, 0.1) is 10.7 Å². The highest BCUT2D eigenvalue weighted by molar-refractivity contribution is 6.33. The van der Waals surface area contributed by atoms with E-state index < -0.39 is 0 Å². The van der Waals surface area contributed by atoms with Gasteiger partial charge in [0.2, 0.25) is 0 Å². The van der Waals surface area contributed by atoms with Crippen molar-refractivity contribution in [3.05, 3.63) is 28.8 Å². The molecular formula is C16H20ClNO. The minimum atomic E-state index is 0.596. The van der Waals surface area contributed by atoms with Gasteiger partial charge in [-0.3, -0.25) is 4.79 Å². The molecule has 1 spiro atoms. The van der Waals surface area contributed by atoms with Crippen molar-refractivity contribution in [1.29, 1.82) is 0 Å². The molecule has 102 valence electrons. The van der Waals surface area contributed by atoms with Gasteiger partial charge in [0.1, 0.15) is 0 Å². The fourth-order valence-electron chi connectivity index (χ4n) is 3.79. The van der Waals surface area contributed by atoms with Crippen molar-refractivity contribution in [2.24, 2.45) is 5.41 Å². The maximum atomic E-state index is 11.2. The van der Waals surface area contributed by atoms with Gasteiger partial charge in [0.25, 0.3) is 0 Å². The summed E-state index contributed by atoms with van der Waals surface area (Å²) >= 11 is 6.29. The molecule has 2 nitrogen and oxygen atoms in total. The van der Waals surface area contributed by atoms with Crippen LogP contribution in [0.4, 0.5) is 5.69 Å². The topological polar surface area (TPSA) is 20.3 Å². The molecule has 1 aromatic carbocycles. The molecule has 1 heterocycles. The molecule has 19 heavy (non-hydrogen) atoms. The summed E-state index contributed by atoms with van der Waals surface area (Å²) in [7, 11) is 0. The van der Waals surface area contributed by atoms with Crippen molar-refractivity contribution in [2.75, 3.05) is 18.0 Å². The number of carbonyl (C=O) groups excluding carboxylic acids is 1. The molecule has 1 saturated carbocycles. The molecule has 2 fully saturated rings. The lowest BCUT2D eigenvalue weighted by Gasteiger charge is -2.41. The summed E-state index contributed by atoms with van der Waals surface area (Å²) in [6, 6.07) is 5.58. The quantitative estimate of drug-likeness (QED) is 0.751. The first-order chi connectivity index (χ1) is 9.24. The molecule has 0 radical (unpaired) electrons. The zero-order valence-electron chi connectivity index (χ0n) is 11.2. The number of carbonyl (C=O) groups is 1. The second-order valence-electron chi connectivity index (χ2n) is 5.99. The Hall–Kier alpha value is -1.02. The normalized spacial score (nSPS) is 21.8. The number of aldehydes is 1. The average Bonchev–Trinajstić information content (AvgIpc) is 2.88. The summed E-state index contributed by atoms with van der Waals surface area (Å²) in [6.45, 7) is 2.06. The predicted octanol–water partition coefficient (Wildman–Crippen LogP) is 4.31. The van der Waals surface area contributed by atoms with Gasteiger partial charge in [-0.2, -0.15) is 0 Å². The van der Waals surface area contributed by atoms with E-state index in [1.54, 1.807) is 0 Å². The molecular weight excluding hydrogens is 258 g/mol. The van der Waals surface area contributed by atoms with Gasteiger partial charge in [-0.05, 0) is 43.2 Å². The van der Waals surface area contributed by atoms with Gasteiger partial charge in [-0.15, -0.1) is 0 Å². The first-order valence-corrected chi connectivity index (χ1v) is 7.61. The van der Waals surface area contributed by atoms with Crippen LogP contribution in [0.15, 0.2) is 18.2 Å². The lowest BCUT2D eigenvalue weighted by molar-refractivity contribution is 0.112. The molecule has 3 rings (SSSR count). The second kappa shape index (κ2) is 5.16. The molecule has 0 amide bonds. The van der Waals surface area contributed by atoms with Crippen molar-refractivity contribution >= 4 is 23.6 Å². The summed E-state index contributed by atoms with van der Waals surface area (Å²) in [5.74, 6) is 0. The number of rotatable bonds is 2. The molecule has 0 unspecified atom stereocenters. The number of hydrogen-bond acceptors (Lipinski definition) is 2. The van der Waals surface area contributed by atoms with Crippen LogP contribution in [0, 0.1) is 5.41 Å². The lowest BCUT2D eigenvalue weighted by atomic mass is 9.77. The third-order valence-electron chi connectivity index (χ3n) is 4.95. The predicted molar refractivity (Wildman–Crippen MR) is 79.2 cm³/mol. The summed E-state index contributed by atoms with van der Waals surface area (Å²) in [5, 5.41) is 0.701. The van der Waals surface area contributed by atoms with Gasteiger partial charge in [-0.25, -0.2) is 0 Å². The van der Waals surface area contributed by atoms with Gasteiger partial charge in [-0.1, -0.05) is 30.5 Å². The first-order valence-electron chi connectivity index (χ1n) is 7.23. The van der Waals surface area contributed by atoms with E-state index in [2.05, 4.69) is 4.90 Å². The Kier molecular flexibility index (Phi) is 3.53. The maximum Gasteiger partial charge on any atom is 0.152 e. The van der Waals surface area contributed by atoms with E-state index in [0.717, 1.165) is 30.6 Å². The van der Waals surface area contributed by atoms with Crippen LogP contribution in [0.25, 0.3) is 0 Å². The SMILES string of the molecule is O=Cc1cccc(Cl)c1N1CCC2(CCCC2)CC1. The molecule has 1 aliphatic heterocycles. The van der Waals surface area contributed by atoms with E-state index in [4.69, 9.17) is 11.6 Å². The standard InChI is InChI=1S/C16H20ClNO/c17-14-5-3-4-13(12-19)15(14)18-10-8-16(9-11-18)6-1-2-7-16/h3-5,12H,1-2,6-11H2. The zero-order chi connectivity index (χ0) is 13.3. The van der Waals surface area contributed by atoms with Crippen LogP contribution < -0.4 is 4.90 Å². The number of piperidine rings is 1. The van der Waals surface area contributed by atoms with Crippen LogP contribution >= 0.6 is 11.6 Å². The minimum Gasteiger partial charge on any atom is -0.370 e. The van der Waals surface area contributed by atoms with Crippen molar-refractivity contribution in [2.45, 2.75) is 38.5 Å². The Morgan fingerprint density at radius 2 is 1.79 bits per heavy atom. The zero-order valence-corrected chi connectivity index (χ0v) is 12.0. The van der Waals surface area contributed by atoms with Crippen LogP contribution in [0.5, 0.6) is 0 Å². The fraction of sp³-hybridized carbons (Fsp3) is 0.562. The Labute approximate surface area is 119 Å². The fourth-order valence-corrected chi connectivity index (χ4v) is 4.09. The Morgan fingerprint density at radius 3 is 2.42 bits per heavy atom. The first kappa shape index (κ1) is 13.0. The molecule has 0 bridgehead atoms. The Balaban J connectivity index is 1.80. The average molecular weight is 278 g/mol. The van der Waals surface area contributed by atoms with E-state index in [1.807, 2.05) is 18.2 Å². The molecule has 1 saturated heterocycles. The molecule has 1 aliphatic carbocycles. The van der Waals surface area contributed by atoms with Gasteiger partial charge in [0.15, 0.2) is 6.29 Å². The molecule has 3 heteroatoms. The maximum absolute atomic E-state index is 11.2. The smallest absolute Gasteiger partial charge is 0.152 e. The highest BCUT2D eigenvalue weighted by atomic mass is 35.5. The van der Waals surface area contributed by atoms with E-state index in [9.17, 15) is 4.79 Å². The van der Waals surface area contributed by atoms with E-state index in [-0.39, 0.29) is 0 Å². The van der Waals surface area contributed by atoms with Crippen molar-refractivity contribution in [3.63, 3.8) is 0 Å². The largest absolute Gasteiger partial charge is 0.370 e. The Morgan fingerprint density at radius 1 is 1.11 bits per heavy atom. The van der Waals surface area contributed by atoms with Crippen LogP contribution in [0.3, 0.4) is 0 Å². The van der Waals surface area contributed by atoms with Crippen LogP contribution in [-0.2, 0) is 0 Å². The van der Waals surface area contributed by atoms with Crippen LogP contribution in [0.1, 0.15) is 48.9 Å². The van der Waals surface area contributed by atoms with Gasteiger partial charge >= 0.3 is 0 Å². The molecule has 0 aromatic heterocycles. The third-order valence-corrected chi connectivity index (χ3v) is 5.25. The summed E-state index contributed by atoms with van der Waals surface area (Å²) in [5.41, 5.74) is 2.25. The second-order valence-corrected chi connectivity index (χ2v) is 6.40. The molecule has 0 N–H and O–H groups in total. The third kappa shape index (κ3) is 2.38. The van der Waals surface area contributed by atoms with Gasteiger partial charge in [0, 0.05) is 18.7 Å². The molecule has 1 aromatic rings. The number of anilines is 1. The lowest BCUT2D eigenvalue weighted by Crippen LogP contribution is -2.39. The highest BCUT2D eigenvalue weighted by Gasteiger charge is 2.37. The van der Waals surface area contributed by atoms with E-state index in [1.165, 1.54) is 38.5 Å². The number of nitrogens with zero attached hydrogens (tertiary/aromatic N) is 1. The molecule has 0 atom stereocenters. The van der Waals surface area contributed by atoms with Crippen LogP contribution in [0.2, 0.25) is 5.02 Å². The number of benzene rings is 1. The number of para-hydroxylation sites is 1. The van der Waals surface area contributed by atoms with Crippen molar-refractivity contribution in [1.82, 2.24) is 0 Å². The Bertz CT molecular complexity index is 470. The highest BCUT2D eigenvalue weighted by Crippen LogP contribution is 2.47. The van der Waals surface area contributed by atoms with Crippen molar-refractivity contribution in [3.8, 4) is 0 Å². The minimum absolute atomic E-state index is 0.596. The van der Waals surface area contributed by atoms with Crippen molar-refractivity contribution < 1.29 is 4.79 Å². The number of hydrogen-bond donors (Lipinski definition) is 0. The van der Waals surface area contributed by atoms with Crippen LogP contribution in [-0.4, -0.2) is 19.4 Å². The monoisotopic (exact) mass is 277 g/mol. The van der Waals surface area contributed by atoms with E-state index >= 15 is 0 Å².